The van der Waals surface area contributed by atoms with E-state index in [-0.39, 0.29) is 11.9 Å². The van der Waals surface area contributed by atoms with E-state index in [2.05, 4.69) is 35.6 Å². The molecular formula is C26H27NO3+. The van der Waals surface area contributed by atoms with E-state index in [4.69, 9.17) is 4.74 Å². The van der Waals surface area contributed by atoms with E-state index in [1.807, 2.05) is 24.3 Å². The van der Waals surface area contributed by atoms with Gasteiger partial charge in [-0.3, -0.25) is 4.79 Å². The molecule has 0 aromatic heterocycles. The molecule has 5 aliphatic carbocycles. The first kappa shape index (κ1) is 19.3. The maximum Gasteiger partial charge on any atom is 0.521 e. The quantitative estimate of drug-likeness (QED) is 0.654. The number of rotatable bonds is 3. The van der Waals surface area contributed by atoms with Crippen LogP contribution < -0.4 is 0 Å². The number of esters is 1. The van der Waals surface area contributed by atoms with Crippen LogP contribution in [0.4, 0.5) is 0 Å². The SMILES string of the molecule is COC(=O)C12CC3CC(CC(C(=O)[N+]#Cc4ccccc4C4=CC[CH]C=C4)(C3)C1)C2. The zero-order valence-electron chi connectivity index (χ0n) is 17.4. The van der Waals surface area contributed by atoms with Crippen LogP contribution in [0.3, 0.4) is 0 Å². The first-order valence-electron chi connectivity index (χ1n) is 10.9. The first-order chi connectivity index (χ1) is 14.5. The van der Waals surface area contributed by atoms with Gasteiger partial charge in [-0.15, -0.1) is 0 Å². The fourth-order valence-corrected chi connectivity index (χ4v) is 6.74. The Hall–Kier alpha value is -2.67. The van der Waals surface area contributed by atoms with Gasteiger partial charge in [0, 0.05) is 10.4 Å². The summed E-state index contributed by atoms with van der Waals surface area (Å²) in [4.78, 5) is 30.4. The first-order valence-corrected chi connectivity index (χ1v) is 10.9. The molecule has 0 spiro atoms. The van der Waals surface area contributed by atoms with Crippen LogP contribution in [0.5, 0.6) is 0 Å². The number of methoxy groups -OCH3 is 1. The second-order valence-corrected chi connectivity index (χ2v) is 9.58. The van der Waals surface area contributed by atoms with E-state index in [0.29, 0.717) is 18.3 Å². The molecule has 4 fully saturated rings. The monoisotopic (exact) mass is 401 g/mol. The van der Waals surface area contributed by atoms with Gasteiger partial charge in [-0.05, 0) is 74.8 Å². The van der Waals surface area contributed by atoms with Gasteiger partial charge >= 0.3 is 17.9 Å². The Labute approximate surface area is 177 Å². The molecule has 1 aromatic rings. The smallest absolute Gasteiger partial charge is 0.469 e. The van der Waals surface area contributed by atoms with Gasteiger partial charge < -0.3 is 4.74 Å². The van der Waals surface area contributed by atoms with Gasteiger partial charge in [0.25, 0.3) is 0 Å². The van der Waals surface area contributed by atoms with Crippen LogP contribution in [0.15, 0.2) is 42.5 Å². The third-order valence-electron chi connectivity index (χ3n) is 7.53. The minimum Gasteiger partial charge on any atom is -0.469 e. The molecule has 0 N–H and O–H groups in total. The number of amides is 1. The molecule has 4 nitrogen and oxygen atoms in total. The summed E-state index contributed by atoms with van der Waals surface area (Å²) in [6.45, 7) is 0. The molecule has 0 saturated heterocycles. The second kappa shape index (κ2) is 7.23. The molecule has 4 bridgehead atoms. The molecule has 0 aliphatic heterocycles. The highest BCUT2D eigenvalue weighted by atomic mass is 16.5. The minimum absolute atomic E-state index is 0.110. The number of hydrogen-bond donors (Lipinski definition) is 0. The number of nitrogens with zero attached hydrogens (tertiary/aromatic N) is 1. The number of hydrogen-bond acceptors (Lipinski definition) is 3. The largest absolute Gasteiger partial charge is 0.521 e. The molecule has 5 aliphatic rings. The van der Waals surface area contributed by atoms with Crippen molar-refractivity contribution in [3.8, 4) is 6.07 Å². The standard InChI is InChI=1S/C26H27NO3/c1-30-24(29)26-14-18-11-19(15-26)13-25(12-18,17-26)23(28)27-16-21-9-5-6-10-22(21)20-7-3-2-4-8-20/h2-3,5-10,18-19H,4,11-15,17H2,1H3/q+1. The highest BCUT2D eigenvalue weighted by Crippen LogP contribution is 2.66. The summed E-state index contributed by atoms with van der Waals surface area (Å²) in [7, 11) is 1.46. The van der Waals surface area contributed by atoms with E-state index in [0.717, 1.165) is 55.2 Å². The summed E-state index contributed by atoms with van der Waals surface area (Å²) >= 11 is 0. The van der Waals surface area contributed by atoms with Crippen molar-refractivity contribution in [3.05, 3.63) is 64.9 Å². The van der Waals surface area contributed by atoms with E-state index in [1.165, 1.54) is 7.11 Å². The lowest BCUT2D eigenvalue weighted by Crippen LogP contribution is -2.57. The topological polar surface area (TPSA) is 47.7 Å². The van der Waals surface area contributed by atoms with Crippen LogP contribution in [0.1, 0.15) is 56.1 Å². The average molecular weight is 402 g/mol. The predicted octanol–water partition coefficient (Wildman–Crippen LogP) is 5.20. The van der Waals surface area contributed by atoms with Crippen molar-refractivity contribution in [2.75, 3.05) is 7.11 Å². The fraction of sp³-hybridized carbons (Fsp3) is 0.462. The summed E-state index contributed by atoms with van der Waals surface area (Å²) in [6, 6.07) is 11.0. The zero-order chi connectivity index (χ0) is 20.8. The Morgan fingerprint density at radius 3 is 2.53 bits per heavy atom. The van der Waals surface area contributed by atoms with Crippen LogP contribution in [0, 0.1) is 35.2 Å². The van der Waals surface area contributed by atoms with Crippen LogP contribution in [0.2, 0.25) is 0 Å². The van der Waals surface area contributed by atoms with E-state index < -0.39 is 10.8 Å². The molecule has 30 heavy (non-hydrogen) atoms. The molecule has 2 unspecified atom stereocenters. The molecule has 1 radical (unpaired) electrons. The van der Waals surface area contributed by atoms with Crippen molar-refractivity contribution in [3.63, 3.8) is 0 Å². The van der Waals surface area contributed by atoms with Crippen LogP contribution >= 0.6 is 0 Å². The van der Waals surface area contributed by atoms with Gasteiger partial charge in [-0.2, -0.15) is 4.79 Å². The van der Waals surface area contributed by atoms with Crippen molar-refractivity contribution in [2.24, 2.45) is 22.7 Å². The molecule has 153 valence electrons. The number of ether oxygens (including phenoxy) is 1. The van der Waals surface area contributed by atoms with Crippen LogP contribution in [-0.2, 0) is 14.3 Å². The molecule has 6 rings (SSSR count). The Morgan fingerprint density at radius 2 is 1.83 bits per heavy atom. The van der Waals surface area contributed by atoms with Gasteiger partial charge in [-0.1, -0.05) is 36.4 Å². The molecule has 1 aromatic carbocycles. The molecule has 4 saturated carbocycles. The summed E-state index contributed by atoms with van der Waals surface area (Å²) < 4.78 is 5.16. The van der Waals surface area contributed by atoms with Gasteiger partial charge in [-0.25, -0.2) is 0 Å². The van der Waals surface area contributed by atoms with Crippen molar-refractivity contribution >= 4 is 17.4 Å². The Kier molecular flexibility index (Phi) is 4.65. The van der Waals surface area contributed by atoms with Gasteiger partial charge in [0.1, 0.15) is 11.0 Å². The summed E-state index contributed by atoms with van der Waals surface area (Å²) in [6.07, 6.45) is 14.4. The lowest BCUT2D eigenvalue weighted by atomic mass is 9.44. The molecule has 2 atom stereocenters. The predicted molar refractivity (Wildman–Crippen MR) is 115 cm³/mol. The number of benzene rings is 1. The fourth-order valence-electron chi connectivity index (χ4n) is 6.74. The van der Waals surface area contributed by atoms with E-state index >= 15 is 0 Å². The number of allylic oxidation sites excluding steroid dienone is 4. The van der Waals surface area contributed by atoms with Crippen LogP contribution in [-0.4, -0.2) is 19.0 Å². The number of carbonyl (C=O) groups excluding carboxylic acids is 2. The summed E-state index contributed by atoms with van der Waals surface area (Å²) in [5.74, 6) is 0.595. The van der Waals surface area contributed by atoms with Crippen molar-refractivity contribution in [2.45, 2.75) is 44.9 Å². The third-order valence-corrected chi connectivity index (χ3v) is 7.53. The zero-order valence-corrected chi connectivity index (χ0v) is 17.4. The van der Waals surface area contributed by atoms with Gasteiger partial charge in [0.05, 0.1) is 12.5 Å². The highest BCUT2D eigenvalue weighted by Gasteiger charge is 2.66. The average Bonchev–Trinajstić information content (AvgIpc) is 2.76. The van der Waals surface area contributed by atoms with Crippen LogP contribution in [0.25, 0.3) is 10.4 Å². The normalized spacial score (nSPS) is 33.4. The maximum atomic E-state index is 13.4. The maximum absolute atomic E-state index is 13.4. The van der Waals surface area contributed by atoms with Gasteiger partial charge in [0.2, 0.25) is 0 Å². The highest BCUT2D eigenvalue weighted by molar-refractivity contribution is 5.94. The Morgan fingerprint density at radius 1 is 1.10 bits per heavy atom. The minimum atomic E-state index is -0.529. The molecule has 1 amide bonds. The Bertz CT molecular complexity index is 1010. The lowest BCUT2D eigenvalue weighted by Gasteiger charge is -2.57. The third kappa shape index (κ3) is 3.12. The molecule has 0 heterocycles. The van der Waals surface area contributed by atoms with E-state index in [1.54, 1.807) is 0 Å². The van der Waals surface area contributed by atoms with Crippen molar-refractivity contribution in [1.82, 2.24) is 0 Å². The molecular weight excluding hydrogens is 374 g/mol. The summed E-state index contributed by atoms with van der Waals surface area (Å²) in [5.41, 5.74) is 1.98. The number of carbonyl (C=O) groups is 2. The van der Waals surface area contributed by atoms with Gasteiger partial charge in [0.15, 0.2) is 0 Å². The Balaban J connectivity index is 1.45. The second-order valence-electron chi connectivity index (χ2n) is 9.58. The van der Waals surface area contributed by atoms with Crippen molar-refractivity contribution in [1.29, 1.82) is 0 Å². The van der Waals surface area contributed by atoms with Crippen molar-refractivity contribution < 1.29 is 14.3 Å². The lowest BCUT2D eigenvalue weighted by molar-refractivity contribution is -0.179. The van der Waals surface area contributed by atoms with E-state index in [9.17, 15) is 9.59 Å². The summed E-state index contributed by atoms with van der Waals surface area (Å²) in [5, 5.41) is 0. The molecule has 4 heteroatoms.